The Morgan fingerprint density at radius 2 is 1.64 bits per heavy atom. The summed E-state index contributed by atoms with van der Waals surface area (Å²) in [5.41, 5.74) is 0.824. The van der Waals surface area contributed by atoms with Crippen molar-refractivity contribution in [2.45, 2.75) is 19.8 Å². The fourth-order valence-electron chi connectivity index (χ4n) is 3.50. The van der Waals surface area contributed by atoms with Gasteiger partial charge in [-0.15, -0.1) is 15.3 Å². The molecule has 2 aliphatic heterocycles. The lowest BCUT2D eigenvalue weighted by atomic mass is 10.2. The smallest absolute Gasteiger partial charge is 0.267 e. The lowest BCUT2D eigenvalue weighted by Gasteiger charge is -2.35. The summed E-state index contributed by atoms with van der Waals surface area (Å²) in [5.74, 6) is 1.80. The molecule has 10 heteroatoms. The normalized spacial score (nSPS) is 17.8. The molecule has 2 fully saturated rings. The highest BCUT2D eigenvalue weighted by Gasteiger charge is 2.26. The van der Waals surface area contributed by atoms with E-state index in [1.165, 1.54) is 11.5 Å². The average molecular weight is 404 g/mol. The summed E-state index contributed by atoms with van der Waals surface area (Å²) >= 11 is 1.20. The Labute approximate surface area is 168 Å². The Morgan fingerprint density at radius 1 is 1.00 bits per heavy atom. The van der Waals surface area contributed by atoms with Crippen LogP contribution < -0.4 is 9.80 Å². The van der Waals surface area contributed by atoms with Crippen LogP contribution in [0.2, 0.25) is 0 Å². The number of piperazine rings is 1. The molecule has 4 heterocycles. The van der Waals surface area contributed by atoms with Crippen LogP contribution in [0, 0.1) is 0 Å². The molecule has 2 aromatic heterocycles. The SMILES string of the molecule is CCCc1nnsc1C(=O)N1CCN(c2ccc(N3CCOCC3)nn2)CC1. The fourth-order valence-corrected chi connectivity index (χ4v) is 4.18. The molecule has 9 nitrogen and oxygen atoms in total. The number of hydrogen-bond acceptors (Lipinski definition) is 9. The zero-order valence-electron chi connectivity index (χ0n) is 16.1. The van der Waals surface area contributed by atoms with Crippen molar-refractivity contribution in [3.05, 3.63) is 22.7 Å². The number of amides is 1. The van der Waals surface area contributed by atoms with Crippen LogP contribution in [-0.2, 0) is 11.2 Å². The number of carbonyl (C=O) groups excluding carboxylic acids is 1. The topological polar surface area (TPSA) is 87.6 Å². The maximum atomic E-state index is 12.8. The Hall–Kier alpha value is -2.33. The first-order chi connectivity index (χ1) is 13.8. The second-order valence-electron chi connectivity index (χ2n) is 6.93. The highest BCUT2D eigenvalue weighted by atomic mass is 32.1. The van der Waals surface area contributed by atoms with Crippen LogP contribution in [0.5, 0.6) is 0 Å². The molecular formula is C18H25N7O2S. The molecule has 0 spiro atoms. The maximum Gasteiger partial charge on any atom is 0.267 e. The number of hydrogen-bond donors (Lipinski definition) is 0. The molecule has 4 rings (SSSR count). The van der Waals surface area contributed by atoms with Crippen LogP contribution in [0.25, 0.3) is 0 Å². The van der Waals surface area contributed by atoms with Gasteiger partial charge in [-0.2, -0.15) is 0 Å². The molecule has 2 aromatic rings. The van der Waals surface area contributed by atoms with E-state index in [2.05, 4.69) is 36.5 Å². The van der Waals surface area contributed by atoms with Gasteiger partial charge in [-0.05, 0) is 30.1 Å². The Kier molecular flexibility index (Phi) is 5.96. The second kappa shape index (κ2) is 8.78. The van der Waals surface area contributed by atoms with Crippen molar-refractivity contribution in [3.8, 4) is 0 Å². The third kappa shape index (κ3) is 4.07. The van der Waals surface area contributed by atoms with Crippen molar-refractivity contribution in [3.63, 3.8) is 0 Å². The van der Waals surface area contributed by atoms with Gasteiger partial charge in [0, 0.05) is 39.3 Å². The van der Waals surface area contributed by atoms with E-state index in [4.69, 9.17) is 4.74 Å². The first kappa shape index (κ1) is 19.0. The van der Waals surface area contributed by atoms with Crippen molar-refractivity contribution in [2.24, 2.45) is 0 Å². The van der Waals surface area contributed by atoms with Crippen molar-refractivity contribution in [1.29, 1.82) is 0 Å². The molecule has 0 N–H and O–H groups in total. The predicted octanol–water partition coefficient (Wildman–Crippen LogP) is 1.08. The number of anilines is 2. The molecule has 0 bridgehead atoms. The molecule has 0 radical (unpaired) electrons. The highest BCUT2D eigenvalue weighted by Crippen LogP contribution is 2.20. The van der Waals surface area contributed by atoms with E-state index >= 15 is 0 Å². The number of nitrogens with zero attached hydrogens (tertiary/aromatic N) is 7. The van der Waals surface area contributed by atoms with Gasteiger partial charge in [-0.1, -0.05) is 17.8 Å². The lowest BCUT2D eigenvalue weighted by molar-refractivity contribution is 0.0750. The van der Waals surface area contributed by atoms with Gasteiger partial charge in [0.05, 0.1) is 18.9 Å². The van der Waals surface area contributed by atoms with Crippen LogP contribution in [0.1, 0.15) is 28.7 Å². The minimum absolute atomic E-state index is 0.0480. The summed E-state index contributed by atoms with van der Waals surface area (Å²) in [4.78, 5) is 19.8. The van der Waals surface area contributed by atoms with E-state index in [0.717, 1.165) is 69.6 Å². The van der Waals surface area contributed by atoms with E-state index in [-0.39, 0.29) is 5.91 Å². The van der Waals surface area contributed by atoms with Crippen molar-refractivity contribution < 1.29 is 9.53 Å². The third-order valence-corrected chi connectivity index (χ3v) is 5.86. The van der Waals surface area contributed by atoms with Crippen molar-refractivity contribution in [2.75, 3.05) is 62.3 Å². The van der Waals surface area contributed by atoms with Gasteiger partial charge in [0.2, 0.25) is 0 Å². The van der Waals surface area contributed by atoms with E-state index < -0.39 is 0 Å². The van der Waals surface area contributed by atoms with Gasteiger partial charge in [0.15, 0.2) is 11.6 Å². The largest absolute Gasteiger partial charge is 0.378 e. The molecule has 150 valence electrons. The number of carbonyl (C=O) groups is 1. The second-order valence-corrected chi connectivity index (χ2v) is 7.68. The van der Waals surface area contributed by atoms with Crippen LogP contribution in [0.4, 0.5) is 11.6 Å². The van der Waals surface area contributed by atoms with Gasteiger partial charge in [-0.25, -0.2) is 0 Å². The quantitative estimate of drug-likeness (QED) is 0.733. The summed E-state index contributed by atoms with van der Waals surface area (Å²) < 4.78 is 9.35. The zero-order valence-corrected chi connectivity index (χ0v) is 16.9. The number of aromatic nitrogens is 4. The monoisotopic (exact) mass is 403 g/mol. The van der Waals surface area contributed by atoms with Crippen molar-refractivity contribution >= 4 is 29.1 Å². The Morgan fingerprint density at radius 3 is 2.25 bits per heavy atom. The maximum absolute atomic E-state index is 12.8. The van der Waals surface area contributed by atoms with Gasteiger partial charge in [-0.3, -0.25) is 4.79 Å². The summed E-state index contributed by atoms with van der Waals surface area (Å²) in [6, 6.07) is 4.03. The lowest BCUT2D eigenvalue weighted by Crippen LogP contribution is -2.49. The van der Waals surface area contributed by atoms with Crippen molar-refractivity contribution in [1.82, 2.24) is 24.7 Å². The molecule has 0 saturated carbocycles. The first-order valence-electron chi connectivity index (χ1n) is 9.78. The third-order valence-electron chi connectivity index (χ3n) is 5.10. The molecule has 1 amide bonds. The van der Waals surface area contributed by atoms with Gasteiger partial charge in [0.25, 0.3) is 5.91 Å². The molecule has 0 aromatic carbocycles. The molecule has 28 heavy (non-hydrogen) atoms. The van der Waals surface area contributed by atoms with Crippen LogP contribution in [0.15, 0.2) is 12.1 Å². The van der Waals surface area contributed by atoms with Crippen LogP contribution in [0.3, 0.4) is 0 Å². The summed E-state index contributed by atoms with van der Waals surface area (Å²) in [7, 11) is 0. The highest BCUT2D eigenvalue weighted by molar-refractivity contribution is 7.08. The molecule has 0 unspecified atom stereocenters. The fraction of sp³-hybridized carbons (Fsp3) is 0.611. The Bertz CT molecular complexity index is 783. The number of aryl methyl sites for hydroxylation is 1. The van der Waals surface area contributed by atoms with E-state index in [0.29, 0.717) is 18.0 Å². The minimum Gasteiger partial charge on any atom is -0.378 e. The Balaban J connectivity index is 1.34. The number of rotatable bonds is 5. The average Bonchev–Trinajstić information content (AvgIpc) is 3.23. The first-order valence-corrected chi connectivity index (χ1v) is 10.6. The predicted molar refractivity (Wildman–Crippen MR) is 107 cm³/mol. The van der Waals surface area contributed by atoms with E-state index in [1.807, 2.05) is 17.0 Å². The summed E-state index contributed by atoms with van der Waals surface area (Å²) in [5, 5.41) is 12.9. The molecule has 0 atom stereocenters. The minimum atomic E-state index is 0.0480. The van der Waals surface area contributed by atoms with E-state index in [1.54, 1.807) is 0 Å². The van der Waals surface area contributed by atoms with Gasteiger partial charge in [0.1, 0.15) is 4.88 Å². The zero-order chi connectivity index (χ0) is 19.3. The number of morpholine rings is 1. The van der Waals surface area contributed by atoms with E-state index in [9.17, 15) is 4.79 Å². The standard InChI is InChI=1S/C18H25N7O2S/c1-2-3-14-17(28-22-19-14)18(26)25-8-6-23(7-9-25)15-4-5-16(21-20-15)24-10-12-27-13-11-24/h4-5H,2-3,6-13H2,1H3. The molecule has 0 aliphatic carbocycles. The van der Waals surface area contributed by atoms with Gasteiger partial charge < -0.3 is 19.4 Å². The molecule has 2 aliphatic rings. The summed E-state index contributed by atoms with van der Waals surface area (Å²) in [6.07, 6.45) is 1.75. The molecular weight excluding hydrogens is 378 g/mol. The molecule has 2 saturated heterocycles. The van der Waals surface area contributed by atoms with Crippen LogP contribution >= 0.6 is 11.5 Å². The van der Waals surface area contributed by atoms with Gasteiger partial charge >= 0.3 is 0 Å². The number of ether oxygens (including phenoxy) is 1. The van der Waals surface area contributed by atoms with Crippen LogP contribution in [-0.4, -0.2) is 83.1 Å². The summed E-state index contributed by atoms with van der Waals surface area (Å²) in [6.45, 7) is 8.05.